The van der Waals surface area contributed by atoms with Crippen molar-refractivity contribution in [2.45, 2.75) is 11.8 Å². The molecule has 2 aromatic rings. The lowest BCUT2D eigenvalue weighted by molar-refractivity contribution is 0.321. The van der Waals surface area contributed by atoms with Gasteiger partial charge < -0.3 is 4.74 Å². The lowest BCUT2D eigenvalue weighted by Gasteiger charge is -2.12. The minimum atomic E-state index is -4.05. The van der Waals surface area contributed by atoms with Crippen LogP contribution in [0, 0.1) is 11.6 Å². The fraction of sp³-hybridized carbons (Fsp3) is 0.143. The van der Waals surface area contributed by atoms with Gasteiger partial charge in [-0.15, -0.1) is 0 Å². The van der Waals surface area contributed by atoms with Gasteiger partial charge in [0.05, 0.1) is 12.3 Å². The number of sulfonamides is 1. The maximum atomic E-state index is 13.8. The van der Waals surface area contributed by atoms with E-state index in [1.165, 1.54) is 12.1 Å². The fourth-order valence-electron chi connectivity index (χ4n) is 1.83. The molecule has 0 unspecified atom stereocenters. The predicted molar refractivity (Wildman–Crippen MR) is 90.2 cm³/mol. The first-order valence-corrected chi connectivity index (χ1v) is 9.41. The third kappa shape index (κ3) is 4.21. The molecule has 0 heterocycles. The van der Waals surface area contributed by atoms with Gasteiger partial charge in [-0.05, 0) is 63.0 Å². The molecular weight excluding hydrogens is 460 g/mol. The summed E-state index contributed by atoms with van der Waals surface area (Å²) >= 11 is 6.02. The van der Waals surface area contributed by atoms with Crippen LogP contribution in [0.4, 0.5) is 14.5 Å². The number of ether oxygens (including phenoxy) is 1. The Morgan fingerprint density at radius 1 is 1.13 bits per heavy atom. The highest BCUT2D eigenvalue weighted by molar-refractivity contribution is 9.11. The summed E-state index contributed by atoms with van der Waals surface area (Å²) in [4.78, 5) is -0.187. The Bertz CT molecular complexity index is 821. The zero-order valence-electron chi connectivity index (χ0n) is 11.7. The molecule has 0 saturated heterocycles. The number of halogens is 4. The fourth-order valence-corrected chi connectivity index (χ4v) is 5.41. The van der Waals surface area contributed by atoms with Crippen molar-refractivity contribution in [2.75, 3.05) is 11.3 Å². The van der Waals surface area contributed by atoms with Crippen molar-refractivity contribution in [3.63, 3.8) is 0 Å². The Labute approximate surface area is 149 Å². The second kappa shape index (κ2) is 7.14. The van der Waals surface area contributed by atoms with Crippen molar-refractivity contribution < 1.29 is 21.9 Å². The van der Waals surface area contributed by atoms with Crippen LogP contribution in [-0.2, 0) is 10.0 Å². The molecule has 23 heavy (non-hydrogen) atoms. The summed E-state index contributed by atoms with van der Waals surface area (Å²) in [7, 11) is -4.05. The van der Waals surface area contributed by atoms with E-state index < -0.39 is 21.7 Å². The van der Waals surface area contributed by atoms with Gasteiger partial charge in [0.25, 0.3) is 10.0 Å². The first-order valence-electron chi connectivity index (χ1n) is 6.34. The van der Waals surface area contributed by atoms with E-state index in [1.807, 2.05) is 0 Å². The molecule has 0 amide bonds. The van der Waals surface area contributed by atoms with Gasteiger partial charge in [0, 0.05) is 15.0 Å². The molecule has 4 nitrogen and oxygen atoms in total. The van der Waals surface area contributed by atoms with Gasteiger partial charge in [-0.1, -0.05) is 0 Å². The number of benzene rings is 2. The molecule has 2 aromatic carbocycles. The van der Waals surface area contributed by atoms with Gasteiger partial charge in [-0.3, -0.25) is 4.72 Å². The molecular formula is C14H11Br2F2NO3S. The zero-order valence-corrected chi connectivity index (χ0v) is 15.7. The third-order valence-corrected chi connectivity index (χ3v) is 5.97. The smallest absolute Gasteiger partial charge is 0.264 e. The van der Waals surface area contributed by atoms with Crippen LogP contribution in [0.1, 0.15) is 6.92 Å². The number of hydrogen-bond acceptors (Lipinski definition) is 3. The standard InChI is InChI=1S/C14H11Br2F2NO3S/c1-2-22-13-4-3-9(7-12(13)18)19-23(20,21)14-10(15)5-8(17)6-11(14)16/h3-7,19H,2H2,1H3. The Hall–Kier alpha value is -1.19. The molecule has 2 rings (SSSR count). The Morgan fingerprint density at radius 3 is 2.26 bits per heavy atom. The minimum absolute atomic E-state index is 0.0223. The van der Waals surface area contributed by atoms with E-state index in [9.17, 15) is 17.2 Å². The minimum Gasteiger partial charge on any atom is -0.491 e. The molecule has 0 fully saturated rings. The highest BCUT2D eigenvalue weighted by Gasteiger charge is 2.23. The van der Waals surface area contributed by atoms with Crippen molar-refractivity contribution in [1.29, 1.82) is 0 Å². The average Bonchev–Trinajstić information content (AvgIpc) is 2.39. The van der Waals surface area contributed by atoms with Crippen molar-refractivity contribution in [3.05, 3.63) is 50.9 Å². The summed E-state index contributed by atoms with van der Waals surface area (Å²) in [6, 6.07) is 5.76. The first kappa shape index (κ1) is 18.2. The monoisotopic (exact) mass is 469 g/mol. The van der Waals surface area contributed by atoms with Gasteiger partial charge in [-0.25, -0.2) is 17.2 Å². The van der Waals surface area contributed by atoms with E-state index in [-0.39, 0.29) is 31.9 Å². The highest BCUT2D eigenvalue weighted by Crippen LogP contribution is 2.33. The Balaban J connectivity index is 2.38. The molecule has 0 radical (unpaired) electrons. The molecule has 0 spiro atoms. The zero-order chi connectivity index (χ0) is 17.2. The van der Waals surface area contributed by atoms with E-state index in [0.29, 0.717) is 0 Å². The van der Waals surface area contributed by atoms with Gasteiger partial charge in [0.1, 0.15) is 10.7 Å². The van der Waals surface area contributed by atoms with Crippen LogP contribution < -0.4 is 9.46 Å². The second-order valence-electron chi connectivity index (χ2n) is 4.38. The van der Waals surface area contributed by atoms with Crippen LogP contribution >= 0.6 is 31.9 Å². The van der Waals surface area contributed by atoms with Crippen LogP contribution in [0.2, 0.25) is 0 Å². The van der Waals surface area contributed by atoms with Crippen molar-refractivity contribution >= 4 is 47.6 Å². The van der Waals surface area contributed by atoms with Crippen molar-refractivity contribution in [2.24, 2.45) is 0 Å². The number of rotatable bonds is 5. The van der Waals surface area contributed by atoms with Gasteiger partial charge >= 0.3 is 0 Å². The molecule has 1 N–H and O–H groups in total. The van der Waals surface area contributed by atoms with Crippen LogP contribution in [-0.4, -0.2) is 15.0 Å². The van der Waals surface area contributed by atoms with Crippen LogP contribution in [0.5, 0.6) is 5.75 Å². The molecule has 0 aliphatic carbocycles. The number of nitrogens with one attached hydrogen (secondary N) is 1. The molecule has 0 atom stereocenters. The SMILES string of the molecule is CCOc1ccc(NS(=O)(=O)c2c(Br)cc(F)cc2Br)cc1F. The van der Waals surface area contributed by atoms with Gasteiger partial charge in [0.2, 0.25) is 0 Å². The van der Waals surface area contributed by atoms with E-state index >= 15 is 0 Å². The number of anilines is 1. The van der Waals surface area contributed by atoms with Crippen LogP contribution in [0.3, 0.4) is 0 Å². The summed E-state index contributed by atoms with van der Waals surface area (Å²) in [5.41, 5.74) is 0.0223. The van der Waals surface area contributed by atoms with Gasteiger partial charge in [0.15, 0.2) is 11.6 Å². The lowest BCUT2D eigenvalue weighted by Crippen LogP contribution is -2.14. The highest BCUT2D eigenvalue weighted by atomic mass is 79.9. The van der Waals surface area contributed by atoms with Crippen LogP contribution in [0.15, 0.2) is 44.2 Å². The largest absolute Gasteiger partial charge is 0.491 e. The maximum absolute atomic E-state index is 13.8. The Kier molecular flexibility index (Phi) is 5.64. The Morgan fingerprint density at radius 2 is 1.74 bits per heavy atom. The molecule has 0 saturated carbocycles. The number of hydrogen-bond donors (Lipinski definition) is 1. The summed E-state index contributed by atoms with van der Waals surface area (Å²) in [5, 5.41) is 0. The van der Waals surface area contributed by atoms with Gasteiger partial charge in [-0.2, -0.15) is 0 Å². The molecule has 0 aliphatic rings. The maximum Gasteiger partial charge on any atom is 0.264 e. The van der Waals surface area contributed by atoms with Crippen LogP contribution in [0.25, 0.3) is 0 Å². The summed E-state index contributed by atoms with van der Waals surface area (Å²) in [6.07, 6.45) is 0. The molecule has 9 heteroatoms. The second-order valence-corrected chi connectivity index (χ2v) is 7.71. The summed E-state index contributed by atoms with van der Waals surface area (Å²) in [5.74, 6) is -1.27. The quantitative estimate of drug-likeness (QED) is 0.689. The molecule has 0 bridgehead atoms. The topological polar surface area (TPSA) is 55.4 Å². The molecule has 124 valence electrons. The lowest BCUT2D eigenvalue weighted by atomic mass is 10.3. The normalized spacial score (nSPS) is 11.3. The summed E-state index contributed by atoms with van der Waals surface area (Å²) < 4.78 is 59.3. The van der Waals surface area contributed by atoms with Crippen molar-refractivity contribution in [1.82, 2.24) is 0 Å². The van der Waals surface area contributed by atoms with Crippen molar-refractivity contribution in [3.8, 4) is 5.75 Å². The van der Waals surface area contributed by atoms with E-state index in [4.69, 9.17) is 4.74 Å². The van der Waals surface area contributed by atoms with E-state index in [0.717, 1.165) is 18.2 Å². The molecule has 0 aromatic heterocycles. The third-order valence-electron chi connectivity index (χ3n) is 2.72. The summed E-state index contributed by atoms with van der Waals surface area (Å²) in [6.45, 7) is 2.00. The first-order chi connectivity index (χ1) is 10.7. The van der Waals surface area contributed by atoms with E-state index in [1.54, 1.807) is 6.92 Å². The molecule has 0 aliphatic heterocycles. The van der Waals surface area contributed by atoms with E-state index in [2.05, 4.69) is 36.6 Å². The average molecular weight is 471 g/mol. The predicted octanol–water partition coefficient (Wildman–Crippen LogP) is 4.69.